The molecule has 4 rings (SSSR count). The lowest BCUT2D eigenvalue weighted by Gasteiger charge is -2.29. The van der Waals surface area contributed by atoms with Crippen LogP contribution in [0.5, 0.6) is 11.5 Å². The lowest BCUT2D eigenvalue weighted by molar-refractivity contribution is 0.158. The molecule has 0 radical (unpaired) electrons. The van der Waals surface area contributed by atoms with Gasteiger partial charge in [0.25, 0.3) is 0 Å². The molecule has 1 aromatic heterocycles. The van der Waals surface area contributed by atoms with Gasteiger partial charge in [-0.25, -0.2) is 0 Å². The van der Waals surface area contributed by atoms with Crippen LogP contribution < -0.4 is 10.2 Å². The second-order valence-corrected chi connectivity index (χ2v) is 7.77. The van der Waals surface area contributed by atoms with Crippen molar-refractivity contribution in [2.75, 3.05) is 0 Å². The molecule has 0 amide bonds. The van der Waals surface area contributed by atoms with E-state index in [0.717, 1.165) is 11.1 Å². The van der Waals surface area contributed by atoms with Gasteiger partial charge in [0, 0.05) is 11.6 Å². The first-order valence-corrected chi connectivity index (χ1v) is 9.41. The Balaban J connectivity index is 2.09. The van der Waals surface area contributed by atoms with Gasteiger partial charge in [0.05, 0.1) is 11.1 Å². The van der Waals surface area contributed by atoms with Crippen molar-refractivity contribution in [1.29, 1.82) is 0 Å². The number of benzene rings is 2. The van der Waals surface area contributed by atoms with Gasteiger partial charge in [0.15, 0.2) is 11.0 Å². The molecule has 0 atom stereocenters. The zero-order chi connectivity index (χ0) is 20.8. The van der Waals surface area contributed by atoms with Crippen molar-refractivity contribution in [3.63, 3.8) is 0 Å². The fourth-order valence-corrected chi connectivity index (χ4v) is 3.37. The summed E-state index contributed by atoms with van der Waals surface area (Å²) in [6, 6.07) is 10.8. The molecule has 0 unspecified atom stereocenters. The summed E-state index contributed by atoms with van der Waals surface area (Å²) < 4.78 is 12.3. The van der Waals surface area contributed by atoms with Crippen LogP contribution in [-0.4, -0.2) is 10.7 Å². The number of allylic oxidation sites excluding steroid dienone is 2. The van der Waals surface area contributed by atoms with E-state index in [4.69, 9.17) is 9.15 Å². The monoisotopic (exact) mass is 386 g/mol. The van der Waals surface area contributed by atoms with Crippen molar-refractivity contribution in [3.8, 4) is 22.8 Å². The SMILES string of the molecule is C=C(C)C=Cc1c2c(c3oc(-c4ccccc4)cc(=O)c3c1O)C=CC(C)(C)O2. The first kappa shape index (κ1) is 18.8. The van der Waals surface area contributed by atoms with E-state index in [1.165, 1.54) is 6.07 Å². The number of fused-ring (bicyclic) bond motifs is 3. The Hall–Kier alpha value is -3.53. The van der Waals surface area contributed by atoms with Gasteiger partial charge < -0.3 is 14.3 Å². The smallest absolute Gasteiger partial charge is 0.197 e. The topological polar surface area (TPSA) is 59.7 Å². The van der Waals surface area contributed by atoms with Gasteiger partial charge in [-0.3, -0.25) is 4.79 Å². The Morgan fingerprint density at radius 2 is 1.93 bits per heavy atom. The molecular formula is C25H22O4. The predicted molar refractivity (Wildman–Crippen MR) is 117 cm³/mol. The van der Waals surface area contributed by atoms with E-state index in [1.807, 2.05) is 63.3 Å². The Kier molecular flexibility index (Phi) is 4.42. The highest BCUT2D eigenvalue weighted by atomic mass is 16.5. The Morgan fingerprint density at radius 1 is 1.21 bits per heavy atom. The molecule has 1 aliphatic rings. The summed E-state index contributed by atoms with van der Waals surface area (Å²) >= 11 is 0. The zero-order valence-electron chi connectivity index (χ0n) is 16.7. The minimum Gasteiger partial charge on any atom is -0.506 e. The first-order chi connectivity index (χ1) is 13.8. The van der Waals surface area contributed by atoms with Gasteiger partial charge in [-0.1, -0.05) is 48.6 Å². The van der Waals surface area contributed by atoms with Gasteiger partial charge in [-0.15, -0.1) is 0 Å². The molecule has 0 fully saturated rings. The molecule has 1 N–H and O–H groups in total. The average Bonchev–Trinajstić information content (AvgIpc) is 2.67. The maximum Gasteiger partial charge on any atom is 0.197 e. The lowest BCUT2D eigenvalue weighted by Crippen LogP contribution is -2.28. The predicted octanol–water partition coefficient (Wildman–Crippen LogP) is 5.94. The number of hydrogen-bond donors (Lipinski definition) is 1. The highest BCUT2D eigenvalue weighted by Crippen LogP contribution is 2.45. The lowest BCUT2D eigenvalue weighted by atomic mass is 9.95. The molecule has 0 saturated carbocycles. The summed E-state index contributed by atoms with van der Waals surface area (Å²) in [6.45, 7) is 9.57. The van der Waals surface area contributed by atoms with Crippen LogP contribution in [-0.2, 0) is 0 Å². The standard InChI is InChI=1S/C25H22O4/c1-15(2)10-11-17-22(27)21-19(26)14-20(16-8-6-5-7-9-16)28-24(21)18-12-13-25(3,4)29-23(17)18/h5-14,27H,1H2,2-4H3. The molecule has 0 aliphatic carbocycles. The number of hydrogen-bond acceptors (Lipinski definition) is 4. The molecule has 0 saturated heterocycles. The van der Waals surface area contributed by atoms with Crippen molar-refractivity contribution < 1.29 is 14.3 Å². The third kappa shape index (κ3) is 3.38. The fourth-order valence-electron chi connectivity index (χ4n) is 3.37. The van der Waals surface area contributed by atoms with Crippen molar-refractivity contribution >= 4 is 23.1 Å². The molecule has 0 bridgehead atoms. The Morgan fingerprint density at radius 3 is 2.62 bits per heavy atom. The molecule has 3 aromatic rings. The molecule has 0 spiro atoms. The molecule has 1 aliphatic heterocycles. The van der Waals surface area contributed by atoms with E-state index in [-0.39, 0.29) is 16.6 Å². The van der Waals surface area contributed by atoms with Crippen molar-refractivity contribution in [3.05, 3.63) is 82.1 Å². The largest absolute Gasteiger partial charge is 0.506 e. The number of rotatable bonds is 3. The normalized spacial score (nSPS) is 14.7. The van der Waals surface area contributed by atoms with Crippen LogP contribution in [0.25, 0.3) is 34.4 Å². The van der Waals surface area contributed by atoms with Crippen molar-refractivity contribution in [2.45, 2.75) is 26.4 Å². The average molecular weight is 386 g/mol. The molecule has 2 heterocycles. The quantitative estimate of drug-likeness (QED) is 0.566. The summed E-state index contributed by atoms with van der Waals surface area (Å²) in [5.74, 6) is 0.761. The minimum atomic E-state index is -0.559. The maximum atomic E-state index is 13.0. The van der Waals surface area contributed by atoms with E-state index >= 15 is 0 Å². The maximum absolute atomic E-state index is 13.0. The van der Waals surface area contributed by atoms with Crippen molar-refractivity contribution in [1.82, 2.24) is 0 Å². The third-order valence-corrected chi connectivity index (χ3v) is 4.78. The summed E-state index contributed by atoms with van der Waals surface area (Å²) in [5, 5.41) is 11.1. The van der Waals surface area contributed by atoms with Crippen LogP contribution in [0.3, 0.4) is 0 Å². The van der Waals surface area contributed by atoms with Gasteiger partial charge in [0.2, 0.25) is 0 Å². The Labute approximate surface area is 169 Å². The van der Waals surface area contributed by atoms with Crippen LogP contribution >= 0.6 is 0 Å². The number of phenols is 1. The van der Waals surface area contributed by atoms with Crippen LogP contribution in [0.1, 0.15) is 31.9 Å². The van der Waals surface area contributed by atoms with Gasteiger partial charge in [0.1, 0.15) is 28.2 Å². The zero-order valence-corrected chi connectivity index (χ0v) is 16.7. The van der Waals surface area contributed by atoms with Crippen LogP contribution in [0.2, 0.25) is 0 Å². The van der Waals surface area contributed by atoms with Crippen LogP contribution in [0.4, 0.5) is 0 Å². The van der Waals surface area contributed by atoms with Gasteiger partial charge >= 0.3 is 0 Å². The summed E-state index contributed by atoms with van der Waals surface area (Å²) in [5.41, 5.74) is 2.11. The van der Waals surface area contributed by atoms with Gasteiger partial charge in [-0.2, -0.15) is 0 Å². The first-order valence-electron chi connectivity index (χ1n) is 9.41. The van der Waals surface area contributed by atoms with Crippen LogP contribution in [0, 0.1) is 0 Å². The number of ether oxygens (including phenoxy) is 1. The number of phenolic OH excluding ortho intramolecular Hbond substituents is 1. The van der Waals surface area contributed by atoms with E-state index in [1.54, 1.807) is 12.2 Å². The molecule has 29 heavy (non-hydrogen) atoms. The third-order valence-electron chi connectivity index (χ3n) is 4.78. The van der Waals surface area contributed by atoms with Gasteiger partial charge in [-0.05, 0) is 39.0 Å². The fraction of sp³-hybridized carbons (Fsp3) is 0.160. The van der Waals surface area contributed by atoms with E-state index in [0.29, 0.717) is 28.2 Å². The Bertz CT molecular complexity index is 1240. The van der Waals surface area contributed by atoms with Crippen molar-refractivity contribution in [2.24, 2.45) is 0 Å². The van der Waals surface area contributed by atoms with E-state index < -0.39 is 5.60 Å². The molecule has 146 valence electrons. The van der Waals surface area contributed by atoms with E-state index in [9.17, 15) is 9.90 Å². The molecule has 2 aromatic carbocycles. The summed E-state index contributed by atoms with van der Waals surface area (Å²) in [7, 11) is 0. The highest BCUT2D eigenvalue weighted by molar-refractivity contribution is 5.98. The van der Waals surface area contributed by atoms with Crippen LogP contribution in [0.15, 0.2) is 69.9 Å². The second-order valence-electron chi connectivity index (χ2n) is 7.77. The number of aromatic hydroxyl groups is 1. The summed E-state index contributed by atoms with van der Waals surface area (Å²) in [6.07, 6.45) is 7.29. The summed E-state index contributed by atoms with van der Waals surface area (Å²) in [4.78, 5) is 13.0. The second kappa shape index (κ2) is 6.82. The minimum absolute atomic E-state index is 0.137. The molecular weight excluding hydrogens is 364 g/mol. The molecule has 4 nitrogen and oxygen atoms in total. The van der Waals surface area contributed by atoms with E-state index in [2.05, 4.69) is 6.58 Å². The molecule has 4 heteroatoms. The highest BCUT2D eigenvalue weighted by Gasteiger charge is 2.29.